The predicted octanol–water partition coefficient (Wildman–Crippen LogP) is 6.44. The summed E-state index contributed by atoms with van der Waals surface area (Å²) in [6.07, 6.45) is -0.0642. The van der Waals surface area contributed by atoms with Gasteiger partial charge in [-0.25, -0.2) is 19.6 Å². The number of carbonyl (C=O) groups excluding carboxylic acids is 1. The number of aromatic carboxylic acids is 1. The highest BCUT2D eigenvalue weighted by molar-refractivity contribution is 6.36. The van der Waals surface area contributed by atoms with Crippen LogP contribution in [0, 0.1) is 5.92 Å². The fraction of sp³-hybridized carbons (Fsp3) is 0.375. The largest absolute Gasteiger partial charge is 0.489 e. The smallest absolute Gasteiger partial charge is 0.442 e. The third-order valence-electron chi connectivity index (χ3n) is 7.12. The van der Waals surface area contributed by atoms with E-state index in [9.17, 15) is 19.5 Å². The molecule has 1 unspecified atom stereocenters. The number of hydrogen-bond acceptors (Lipinski definition) is 8. The topological polar surface area (TPSA) is 149 Å². The van der Waals surface area contributed by atoms with Crippen LogP contribution in [0.2, 0.25) is 10.0 Å². The van der Waals surface area contributed by atoms with Crippen LogP contribution in [0.5, 0.6) is 5.75 Å². The number of carbonyl (C=O) groups is 2. The van der Waals surface area contributed by atoms with Gasteiger partial charge in [0, 0.05) is 16.9 Å². The number of halogens is 2. The van der Waals surface area contributed by atoms with Gasteiger partial charge in [0.05, 0.1) is 32.9 Å². The third-order valence-corrected chi connectivity index (χ3v) is 7.72. The first-order chi connectivity index (χ1) is 20.9. The number of aliphatic imine (C=N–C) groups is 1. The van der Waals surface area contributed by atoms with Crippen molar-refractivity contribution in [2.24, 2.45) is 10.9 Å². The first-order valence-electron chi connectivity index (χ1n) is 14.2. The van der Waals surface area contributed by atoms with Crippen molar-refractivity contribution in [1.82, 2.24) is 20.1 Å². The van der Waals surface area contributed by atoms with Crippen molar-refractivity contribution in [3.8, 4) is 11.4 Å². The van der Waals surface area contributed by atoms with Gasteiger partial charge in [-0.1, -0.05) is 76.0 Å². The standard InChI is InChI=1S/C17H17N3O3.C15H18Cl2N2O3/c1-9(2)17(3)16(23)19-14(20-17)13-11(15(21)22)8-10-6-4-5-7-12(10)18-13;1-8(2)21-12-7-11(9(16)6-10(12)17)19-14(20)22-13(18-19)15(3,4)5/h4-9H,1-3H3,(H,21,22)(H,19,20,23);6-8H,1-5H3. The van der Waals surface area contributed by atoms with Crippen LogP contribution in [-0.2, 0) is 10.2 Å². The minimum Gasteiger partial charge on any atom is -0.489 e. The summed E-state index contributed by atoms with van der Waals surface area (Å²) in [5.41, 5.74) is -0.0721. The molecule has 4 aromatic rings. The molecule has 2 aromatic carbocycles. The summed E-state index contributed by atoms with van der Waals surface area (Å²) >= 11 is 12.3. The van der Waals surface area contributed by atoms with E-state index >= 15 is 0 Å². The maximum atomic E-state index is 12.3. The van der Waals surface area contributed by atoms with Crippen LogP contribution in [-0.4, -0.2) is 49.2 Å². The molecule has 1 aliphatic rings. The highest BCUT2D eigenvalue weighted by Gasteiger charge is 2.43. The molecule has 1 aliphatic heterocycles. The Morgan fingerprint density at radius 1 is 1.07 bits per heavy atom. The normalized spacial score (nSPS) is 16.4. The molecular weight excluding hydrogens is 621 g/mol. The molecule has 5 rings (SSSR count). The average Bonchev–Trinajstić information content (AvgIpc) is 3.49. The molecule has 0 bridgehead atoms. The minimum atomic E-state index is -1.10. The van der Waals surface area contributed by atoms with Gasteiger partial charge in [0.25, 0.3) is 5.91 Å². The minimum absolute atomic E-state index is 0.0197. The van der Waals surface area contributed by atoms with Gasteiger partial charge in [0.2, 0.25) is 5.89 Å². The van der Waals surface area contributed by atoms with Crippen molar-refractivity contribution in [2.45, 2.75) is 72.4 Å². The number of amides is 1. The van der Waals surface area contributed by atoms with E-state index in [4.69, 9.17) is 32.4 Å². The van der Waals surface area contributed by atoms with Crippen molar-refractivity contribution < 1.29 is 23.8 Å². The number of aromatic nitrogens is 3. The highest BCUT2D eigenvalue weighted by Crippen LogP contribution is 2.34. The van der Waals surface area contributed by atoms with E-state index in [0.717, 1.165) is 10.1 Å². The molecule has 0 saturated heterocycles. The van der Waals surface area contributed by atoms with Crippen LogP contribution < -0.4 is 15.8 Å². The van der Waals surface area contributed by atoms with Crippen LogP contribution in [0.25, 0.3) is 16.6 Å². The van der Waals surface area contributed by atoms with E-state index in [1.54, 1.807) is 31.2 Å². The first kappa shape index (κ1) is 33.7. The predicted molar refractivity (Wildman–Crippen MR) is 173 cm³/mol. The van der Waals surface area contributed by atoms with Gasteiger partial charge in [-0.3, -0.25) is 4.79 Å². The van der Waals surface area contributed by atoms with Crippen LogP contribution in [0.1, 0.15) is 77.3 Å². The lowest BCUT2D eigenvalue weighted by molar-refractivity contribution is -0.124. The molecule has 0 aliphatic carbocycles. The van der Waals surface area contributed by atoms with E-state index in [1.165, 1.54) is 6.07 Å². The zero-order valence-electron chi connectivity index (χ0n) is 26.2. The summed E-state index contributed by atoms with van der Waals surface area (Å²) < 4.78 is 11.9. The van der Waals surface area contributed by atoms with E-state index in [2.05, 4.69) is 20.4 Å². The lowest BCUT2D eigenvalue weighted by Crippen LogP contribution is -2.41. The van der Waals surface area contributed by atoms with Gasteiger partial charge in [-0.2, -0.15) is 4.68 Å². The number of pyridine rings is 1. The highest BCUT2D eigenvalue weighted by atomic mass is 35.5. The maximum absolute atomic E-state index is 12.3. The van der Waals surface area contributed by atoms with Gasteiger partial charge in [-0.05, 0) is 44.9 Å². The molecule has 3 heterocycles. The van der Waals surface area contributed by atoms with E-state index in [0.29, 0.717) is 27.9 Å². The number of nitrogens with one attached hydrogen (secondary N) is 1. The van der Waals surface area contributed by atoms with Crippen LogP contribution in [0.3, 0.4) is 0 Å². The summed E-state index contributed by atoms with van der Waals surface area (Å²) in [6.45, 7) is 15.0. The average molecular weight is 657 g/mol. The molecule has 2 aromatic heterocycles. The molecule has 0 fully saturated rings. The Balaban J connectivity index is 0.000000205. The summed E-state index contributed by atoms with van der Waals surface area (Å²) in [5.74, 6) is -0.993. The molecule has 0 spiro atoms. The van der Waals surface area contributed by atoms with Crippen molar-refractivity contribution in [1.29, 1.82) is 0 Å². The maximum Gasteiger partial charge on any atom is 0.442 e. The van der Waals surface area contributed by atoms with E-state index < -0.39 is 17.3 Å². The van der Waals surface area contributed by atoms with Gasteiger partial charge in [-0.15, -0.1) is 5.10 Å². The number of carboxylic acid groups (broad SMARTS) is 1. The van der Waals surface area contributed by atoms with Gasteiger partial charge >= 0.3 is 11.7 Å². The molecule has 1 atom stereocenters. The second-order valence-corrected chi connectivity index (χ2v) is 13.1. The monoisotopic (exact) mass is 655 g/mol. The summed E-state index contributed by atoms with van der Waals surface area (Å²) in [4.78, 5) is 44.8. The number of hydrogen-bond donors (Lipinski definition) is 2. The summed E-state index contributed by atoms with van der Waals surface area (Å²) in [5, 5.41) is 17.8. The SMILES string of the molecule is CC(C)C1(C)N=C(c2nc3ccccc3cc2C(=O)O)NC1=O.CC(C)Oc1cc(-n2nc(C(C)(C)C)oc2=O)c(Cl)cc1Cl. The Bertz CT molecular complexity index is 1870. The molecular formula is C32H35Cl2N5O6. The number of para-hydroxylation sites is 1. The lowest BCUT2D eigenvalue weighted by Gasteiger charge is -2.21. The molecule has 45 heavy (non-hydrogen) atoms. The molecule has 13 heteroatoms. The number of rotatable bonds is 6. The Hall–Kier alpha value is -4.22. The summed E-state index contributed by atoms with van der Waals surface area (Å²) in [7, 11) is 0. The second-order valence-electron chi connectivity index (χ2n) is 12.3. The quantitative estimate of drug-likeness (QED) is 0.241. The second kappa shape index (κ2) is 12.6. The fourth-order valence-corrected chi connectivity index (χ4v) is 4.77. The number of amidine groups is 1. The zero-order chi connectivity index (χ0) is 33.4. The van der Waals surface area contributed by atoms with Crippen molar-refractivity contribution in [2.75, 3.05) is 0 Å². The Morgan fingerprint density at radius 2 is 1.73 bits per heavy atom. The lowest BCUT2D eigenvalue weighted by atomic mass is 9.89. The third kappa shape index (κ3) is 7.04. The molecule has 0 radical (unpaired) electrons. The molecule has 238 valence electrons. The van der Waals surface area contributed by atoms with Crippen molar-refractivity contribution in [3.63, 3.8) is 0 Å². The number of nitrogens with zero attached hydrogens (tertiary/aromatic N) is 4. The fourth-order valence-electron chi connectivity index (χ4n) is 4.27. The molecule has 11 nitrogen and oxygen atoms in total. The van der Waals surface area contributed by atoms with Crippen molar-refractivity contribution in [3.05, 3.63) is 80.2 Å². The number of carboxylic acids is 1. The molecule has 0 saturated carbocycles. The summed E-state index contributed by atoms with van der Waals surface area (Å²) in [6, 6.07) is 11.9. The molecule has 2 N–H and O–H groups in total. The molecule has 1 amide bonds. The van der Waals surface area contributed by atoms with Crippen LogP contribution in [0.4, 0.5) is 0 Å². The van der Waals surface area contributed by atoms with Gasteiger partial charge < -0.3 is 19.6 Å². The van der Waals surface area contributed by atoms with Gasteiger partial charge in [0.15, 0.2) is 5.84 Å². The zero-order valence-corrected chi connectivity index (χ0v) is 27.7. The van der Waals surface area contributed by atoms with E-state index in [-0.39, 0.29) is 45.5 Å². The van der Waals surface area contributed by atoms with Crippen molar-refractivity contribution >= 4 is 51.8 Å². The Labute approximate surface area is 270 Å². The number of fused-ring (bicyclic) bond motifs is 1. The Morgan fingerprint density at radius 3 is 2.29 bits per heavy atom. The first-order valence-corrected chi connectivity index (χ1v) is 15.0. The number of ether oxygens (including phenoxy) is 1. The Kier molecular flexibility index (Phi) is 9.46. The van der Waals surface area contributed by atoms with E-state index in [1.807, 2.05) is 60.6 Å². The van der Waals surface area contributed by atoms with Crippen LogP contribution in [0.15, 0.2) is 56.7 Å². The van der Waals surface area contributed by atoms with Crippen LogP contribution >= 0.6 is 23.2 Å². The number of benzene rings is 2. The van der Waals surface area contributed by atoms with Gasteiger partial charge in [0.1, 0.15) is 17.0 Å².